The number of aromatic nitrogens is 1. The summed E-state index contributed by atoms with van der Waals surface area (Å²) in [6, 6.07) is 2.46. The van der Waals surface area contributed by atoms with Gasteiger partial charge in [-0.3, -0.25) is 0 Å². The minimum absolute atomic E-state index is 0.118. The largest absolute Gasteiger partial charge is 0.393 e. The predicted molar refractivity (Wildman–Crippen MR) is 75.2 cm³/mol. The lowest BCUT2D eigenvalue weighted by molar-refractivity contribution is 0.126. The molecule has 0 spiro atoms. The fourth-order valence-electron chi connectivity index (χ4n) is 2.40. The third-order valence-electron chi connectivity index (χ3n) is 3.56. The first-order valence-corrected chi connectivity index (χ1v) is 7.04. The van der Waals surface area contributed by atoms with Crippen molar-refractivity contribution < 1.29 is 5.11 Å². The molecule has 1 aliphatic rings. The van der Waals surface area contributed by atoms with Gasteiger partial charge < -0.3 is 10.4 Å². The molecule has 3 nitrogen and oxygen atoms in total. The van der Waals surface area contributed by atoms with Crippen molar-refractivity contribution in [2.45, 2.75) is 57.6 Å². The second-order valence-electron chi connectivity index (χ2n) is 5.40. The number of hydrogen-bond donors (Lipinski definition) is 2. The molecule has 0 amide bonds. The van der Waals surface area contributed by atoms with Gasteiger partial charge in [-0.05, 0) is 43.2 Å². The normalized spacial score (nSPS) is 24.3. The van der Waals surface area contributed by atoms with Crippen molar-refractivity contribution in [1.29, 1.82) is 0 Å². The van der Waals surface area contributed by atoms with E-state index >= 15 is 0 Å². The van der Waals surface area contributed by atoms with Crippen LogP contribution in [0.3, 0.4) is 0 Å². The number of halogens is 1. The van der Waals surface area contributed by atoms with Crippen LogP contribution < -0.4 is 5.32 Å². The summed E-state index contributed by atoms with van der Waals surface area (Å²) in [6.45, 7) is 4.25. The summed E-state index contributed by atoms with van der Waals surface area (Å²) in [6.07, 6.45) is 5.36. The molecule has 100 valence electrons. The molecule has 1 aromatic rings. The number of pyridine rings is 1. The summed E-state index contributed by atoms with van der Waals surface area (Å²) in [5, 5.41) is 13.7. The van der Waals surface area contributed by atoms with Crippen molar-refractivity contribution in [2.24, 2.45) is 0 Å². The van der Waals surface area contributed by atoms with E-state index in [1.807, 2.05) is 6.07 Å². The minimum atomic E-state index is -0.118. The van der Waals surface area contributed by atoms with E-state index in [-0.39, 0.29) is 6.10 Å². The lowest BCUT2D eigenvalue weighted by atomic mass is 9.93. The molecule has 0 aromatic carbocycles. The van der Waals surface area contributed by atoms with Crippen LogP contribution in [0.2, 0.25) is 5.02 Å². The van der Waals surface area contributed by atoms with Gasteiger partial charge in [-0.1, -0.05) is 25.4 Å². The van der Waals surface area contributed by atoms with Crippen molar-refractivity contribution in [3.63, 3.8) is 0 Å². The third kappa shape index (κ3) is 3.36. The van der Waals surface area contributed by atoms with Gasteiger partial charge in [-0.25, -0.2) is 4.98 Å². The van der Waals surface area contributed by atoms with E-state index in [1.54, 1.807) is 6.20 Å². The molecule has 4 heteroatoms. The number of nitrogens with zero attached hydrogens (tertiary/aromatic N) is 1. The van der Waals surface area contributed by atoms with Gasteiger partial charge >= 0.3 is 0 Å². The molecule has 0 atom stereocenters. The predicted octanol–water partition coefficient (Wildman–Crippen LogP) is 3.57. The van der Waals surface area contributed by atoms with Gasteiger partial charge in [0.05, 0.1) is 11.1 Å². The minimum Gasteiger partial charge on any atom is -0.393 e. The van der Waals surface area contributed by atoms with Gasteiger partial charge in [0.2, 0.25) is 0 Å². The Morgan fingerprint density at radius 2 is 2.00 bits per heavy atom. The van der Waals surface area contributed by atoms with Crippen LogP contribution in [0.15, 0.2) is 12.3 Å². The zero-order chi connectivity index (χ0) is 13.1. The van der Waals surface area contributed by atoms with E-state index < -0.39 is 0 Å². The van der Waals surface area contributed by atoms with E-state index in [0.29, 0.717) is 12.0 Å². The number of rotatable bonds is 3. The van der Waals surface area contributed by atoms with Gasteiger partial charge in [0.25, 0.3) is 0 Å². The van der Waals surface area contributed by atoms with Gasteiger partial charge in [0.1, 0.15) is 5.82 Å². The highest BCUT2D eigenvalue weighted by molar-refractivity contribution is 6.31. The fraction of sp³-hybridized carbons (Fsp3) is 0.643. The van der Waals surface area contributed by atoms with Crippen LogP contribution in [0.25, 0.3) is 0 Å². The average molecular weight is 269 g/mol. The van der Waals surface area contributed by atoms with Crippen molar-refractivity contribution in [2.75, 3.05) is 5.32 Å². The summed E-state index contributed by atoms with van der Waals surface area (Å²) >= 11 is 6.13. The molecule has 2 N–H and O–H groups in total. The Labute approximate surface area is 114 Å². The van der Waals surface area contributed by atoms with Gasteiger partial charge in [0.15, 0.2) is 0 Å². The number of anilines is 1. The molecule has 0 aliphatic heterocycles. The average Bonchev–Trinajstić information content (AvgIpc) is 2.34. The topological polar surface area (TPSA) is 45.1 Å². The van der Waals surface area contributed by atoms with Crippen molar-refractivity contribution in [3.8, 4) is 0 Å². The highest BCUT2D eigenvalue weighted by Crippen LogP contribution is 2.27. The Bertz CT molecular complexity index is 401. The second-order valence-corrected chi connectivity index (χ2v) is 5.80. The summed E-state index contributed by atoms with van der Waals surface area (Å²) in [4.78, 5) is 4.33. The number of aliphatic hydroxyl groups excluding tert-OH is 1. The van der Waals surface area contributed by atoms with Crippen molar-refractivity contribution in [3.05, 3.63) is 22.8 Å². The monoisotopic (exact) mass is 268 g/mol. The second kappa shape index (κ2) is 5.89. The maximum absolute atomic E-state index is 9.49. The zero-order valence-electron chi connectivity index (χ0n) is 11.0. The maximum Gasteiger partial charge on any atom is 0.126 e. The highest BCUT2D eigenvalue weighted by atomic mass is 35.5. The van der Waals surface area contributed by atoms with Crippen LogP contribution >= 0.6 is 11.6 Å². The molecule has 0 radical (unpaired) electrons. The number of nitrogens with one attached hydrogen (secondary N) is 1. The molecule has 1 saturated carbocycles. The first kappa shape index (κ1) is 13.6. The highest BCUT2D eigenvalue weighted by Gasteiger charge is 2.19. The van der Waals surface area contributed by atoms with Gasteiger partial charge in [-0.2, -0.15) is 0 Å². The Hall–Kier alpha value is -0.800. The first-order chi connectivity index (χ1) is 8.56. The third-order valence-corrected chi connectivity index (χ3v) is 3.87. The lowest BCUT2D eigenvalue weighted by Crippen LogP contribution is -2.28. The fourth-order valence-corrected chi connectivity index (χ4v) is 2.73. The molecule has 0 bridgehead atoms. The summed E-state index contributed by atoms with van der Waals surface area (Å²) in [5.41, 5.74) is 1.13. The molecular formula is C14H21ClN2O. The molecule has 1 aromatic heterocycles. The van der Waals surface area contributed by atoms with Crippen molar-refractivity contribution >= 4 is 17.4 Å². The molecule has 2 rings (SSSR count). The van der Waals surface area contributed by atoms with E-state index in [0.717, 1.165) is 42.1 Å². The van der Waals surface area contributed by atoms with E-state index in [4.69, 9.17) is 11.6 Å². The molecular weight excluding hydrogens is 248 g/mol. The Balaban J connectivity index is 2.03. The van der Waals surface area contributed by atoms with Gasteiger partial charge in [-0.15, -0.1) is 0 Å². The number of aliphatic hydroxyl groups is 1. The van der Waals surface area contributed by atoms with Crippen LogP contribution in [0, 0.1) is 0 Å². The maximum atomic E-state index is 9.49. The smallest absolute Gasteiger partial charge is 0.126 e. The Morgan fingerprint density at radius 3 is 2.61 bits per heavy atom. The molecule has 18 heavy (non-hydrogen) atoms. The zero-order valence-corrected chi connectivity index (χ0v) is 11.7. The van der Waals surface area contributed by atoms with Crippen molar-refractivity contribution in [1.82, 2.24) is 4.98 Å². The van der Waals surface area contributed by atoms with Crippen LogP contribution in [0.5, 0.6) is 0 Å². The molecule has 1 aliphatic carbocycles. The van der Waals surface area contributed by atoms with Crippen LogP contribution in [-0.4, -0.2) is 22.2 Å². The Kier molecular flexibility index (Phi) is 4.46. The summed E-state index contributed by atoms with van der Waals surface area (Å²) in [7, 11) is 0. The first-order valence-electron chi connectivity index (χ1n) is 6.66. The van der Waals surface area contributed by atoms with Crippen LogP contribution in [0.4, 0.5) is 5.82 Å². The van der Waals surface area contributed by atoms with Gasteiger partial charge in [0, 0.05) is 12.2 Å². The van der Waals surface area contributed by atoms with Crippen LogP contribution in [0.1, 0.15) is 51.0 Å². The molecule has 1 fully saturated rings. The molecule has 0 saturated heterocycles. The SMILES string of the molecule is CC(C)c1cc(N[C@H]2CC[C@H](O)CC2)ncc1Cl. The lowest BCUT2D eigenvalue weighted by Gasteiger charge is -2.26. The standard InChI is InChI=1S/C14H21ClN2O/c1-9(2)12-7-14(16-8-13(12)15)17-10-3-5-11(18)6-4-10/h7-11,18H,3-6H2,1-2H3,(H,16,17)/t10-,11-. The molecule has 0 unspecified atom stereocenters. The molecule has 1 heterocycles. The quantitative estimate of drug-likeness (QED) is 0.881. The summed E-state index contributed by atoms with van der Waals surface area (Å²) < 4.78 is 0. The Morgan fingerprint density at radius 1 is 1.33 bits per heavy atom. The summed E-state index contributed by atoms with van der Waals surface area (Å²) in [5.74, 6) is 1.29. The van der Waals surface area contributed by atoms with Crippen LogP contribution in [-0.2, 0) is 0 Å². The van der Waals surface area contributed by atoms with E-state index in [1.165, 1.54) is 0 Å². The van der Waals surface area contributed by atoms with E-state index in [9.17, 15) is 5.11 Å². The van der Waals surface area contributed by atoms with E-state index in [2.05, 4.69) is 24.1 Å². The number of hydrogen-bond acceptors (Lipinski definition) is 3.